The molecule has 5 rings (SSSR count). The van der Waals surface area contributed by atoms with E-state index in [0.29, 0.717) is 62.2 Å². The summed E-state index contributed by atoms with van der Waals surface area (Å²) in [6, 6.07) is 14.6. The van der Waals surface area contributed by atoms with Crippen molar-refractivity contribution in [1.82, 2.24) is 14.9 Å². The number of morpholine rings is 1. The first-order chi connectivity index (χ1) is 15.2. The number of carbonyl (C=O) groups is 1. The maximum atomic E-state index is 14.7. The quantitative estimate of drug-likeness (QED) is 0.653. The first kappa shape index (κ1) is 19.6. The third kappa shape index (κ3) is 3.88. The summed E-state index contributed by atoms with van der Waals surface area (Å²) < 4.78 is 20.1. The number of nitrogens with zero attached hydrogens (tertiary/aromatic N) is 4. The van der Waals surface area contributed by atoms with Gasteiger partial charge in [-0.25, -0.2) is 14.4 Å². The van der Waals surface area contributed by atoms with Crippen LogP contribution in [0, 0.1) is 5.82 Å². The van der Waals surface area contributed by atoms with Crippen LogP contribution >= 0.6 is 0 Å². The number of hydrogen-bond donors (Lipinski definition) is 0. The molecule has 6 nitrogen and oxygen atoms in total. The minimum atomic E-state index is -0.410. The Labute approximate surface area is 180 Å². The van der Waals surface area contributed by atoms with E-state index in [1.54, 1.807) is 29.3 Å². The van der Waals surface area contributed by atoms with E-state index >= 15 is 0 Å². The van der Waals surface area contributed by atoms with Crippen LogP contribution in [0.5, 0.6) is 0 Å². The summed E-state index contributed by atoms with van der Waals surface area (Å²) in [6.45, 7) is 3.63. The summed E-state index contributed by atoms with van der Waals surface area (Å²) in [7, 11) is 0. The Hall–Kier alpha value is -3.32. The normalized spacial score (nSPS) is 16.2. The summed E-state index contributed by atoms with van der Waals surface area (Å²) in [5, 5.41) is 0. The van der Waals surface area contributed by atoms with E-state index in [0.717, 1.165) is 12.0 Å². The van der Waals surface area contributed by atoms with Crippen LogP contribution in [0.15, 0.2) is 54.7 Å². The maximum Gasteiger partial charge on any atom is 0.257 e. The summed E-state index contributed by atoms with van der Waals surface area (Å²) >= 11 is 0. The van der Waals surface area contributed by atoms with Crippen LogP contribution in [-0.4, -0.2) is 53.6 Å². The molecule has 31 heavy (non-hydrogen) atoms. The lowest BCUT2D eigenvalue weighted by molar-refractivity contribution is 0.0734. The molecule has 1 fully saturated rings. The minimum absolute atomic E-state index is 0.179. The second-order valence-corrected chi connectivity index (χ2v) is 7.76. The molecule has 2 aromatic carbocycles. The Morgan fingerprint density at radius 2 is 1.71 bits per heavy atom. The highest BCUT2D eigenvalue weighted by molar-refractivity contribution is 6.00. The van der Waals surface area contributed by atoms with E-state index in [1.165, 1.54) is 11.6 Å². The molecular formula is C24H23FN4O2. The van der Waals surface area contributed by atoms with E-state index in [9.17, 15) is 9.18 Å². The van der Waals surface area contributed by atoms with Crippen molar-refractivity contribution in [2.24, 2.45) is 0 Å². The molecule has 2 aliphatic heterocycles. The fourth-order valence-electron chi connectivity index (χ4n) is 4.14. The molecule has 0 spiro atoms. The molecule has 0 unspecified atom stereocenters. The molecule has 2 aliphatic rings. The predicted octanol–water partition coefficient (Wildman–Crippen LogP) is 3.32. The van der Waals surface area contributed by atoms with Crippen LogP contribution in [0.25, 0.3) is 11.3 Å². The van der Waals surface area contributed by atoms with Crippen molar-refractivity contribution in [3.8, 4) is 11.3 Å². The zero-order valence-electron chi connectivity index (χ0n) is 17.1. The van der Waals surface area contributed by atoms with Gasteiger partial charge in [-0.05, 0) is 29.7 Å². The van der Waals surface area contributed by atoms with Crippen molar-refractivity contribution in [3.63, 3.8) is 0 Å². The van der Waals surface area contributed by atoms with E-state index in [2.05, 4.69) is 16.0 Å². The molecule has 158 valence electrons. The van der Waals surface area contributed by atoms with Gasteiger partial charge in [0, 0.05) is 37.9 Å². The molecule has 3 heterocycles. The lowest BCUT2D eigenvalue weighted by atomic mass is 9.98. The SMILES string of the molecule is O=C(c1cnc(N2CCOCC2)nc1-c1ccccc1F)N1CCc2ccccc2C1. The van der Waals surface area contributed by atoms with Crippen molar-refractivity contribution in [3.05, 3.63) is 77.2 Å². The van der Waals surface area contributed by atoms with Crippen molar-refractivity contribution in [2.45, 2.75) is 13.0 Å². The Morgan fingerprint density at radius 1 is 0.968 bits per heavy atom. The van der Waals surface area contributed by atoms with Crippen molar-refractivity contribution < 1.29 is 13.9 Å². The molecule has 0 atom stereocenters. The number of anilines is 1. The standard InChI is InChI=1S/C24H23FN4O2/c25-21-8-4-3-7-19(21)22-20(15-26-24(27-22)28-11-13-31-14-12-28)23(30)29-10-9-17-5-1-2-6-18(17)16-29/h1-8,15H,9-14,16H2. The van der Waals surface area contributed by atoms with Gasteiger partial charge in [-0.2, -0.15) is 0 Å². The van der Waals surface area contributed by atoms with Gasteiger partial charge < -0.3 is 14.5 Å². The largest absolute Gasteiger partial charge is 0.378 e. The molecule has 0 bridgehead atoms. The van der Waals surface area contributed by atoms with Crippen LogP contribution < -0.4 is 4.90 Å². The van der Waals surface area contributed by atoms with E-state index in [4.69, 9.17) is 4.74 Å². The van der Waals surface area contributed by atoms with Crippen LogP contribution in [-0.2, 0) is 17.7 Å². The molecule has 1 aromatic heterocycles. The number of fused-ring (bicyclic) bond motifs is 1. The maximum absolute atomic E-state index is 14.7. The average molecular weight is 418 g/mol. The van der Waals surface area contributed by atoms with Crippen molar-refractivity contribution in [1.29, 1.82) is 0 Å². The number of benzene rings is 2. The zero-order chi connectivity index (χ0) is 21.2. The zero-order valence-corrected chi connectivity index (χ0v) is 17.1. The fourth-order valence-corrected chi connectivity index (χ4v) is 4.14. The van der Waals surface area contributed by atoms with Crippen LogP contribution in [0.4, 0.5) is 10.3 Å². The number of halogens is 1. The molecule has 3 aromatic rings. The first-order valence-corrected chi connectivity index (χ1v) is 10.5. The summed E-state index contributed by atoms with van der Waals surface area (Å²) in [5.41, 5.74) is 3.36. The highest BCUT2D eigenvalue weighted by Gasteiger charge is 2.27. The number of carbonyl (C=O) groups excluding carboxylic acids is 1. The lowest BCUT2D eigenvalue weighted by Gasteiger charge is -2.30. The topological polar surface area (TPSA) is 58.6 Å². The Morgan fingerprint density at radius 3 is 2.52 bits per heavy atom. The van der Waals surface area contributed by atoms with Gasteiger partial charge in [-0.3, -0.25) is 4.79 Å². The van der Waals surface area contributed by atoms with Crippen LogP contribution in [0.3, 0.4) is 0 Å². The highest BCUT2D eigenvalue weighted by atomic mass is 19.1. The van der Waals surface area contributed by atoms with Crippen LogP contribution in [0.2, 0.25) is 0 Å². The molecule has 0 N–H and O–H groups in total. The summed E-state index contributed by atoms with van der Waals surface area (Å²) in [5.74, 6) is -0.101. The van der Waals surface area contributed by atoms with Gasteiger partial charge >= 0.3 is 0 Å². The lowest BCUT2D eigenvalue weighted by Crippen LogP contribution is -2.38. The Balaban J connectivity index is 1.53. The number of rotatable bonds is 3. The number of amides is 1. The number of hydrogen-bond acceptors (Lipinski definition) is 5. The van der Waals surface area contributed by atoms with Gasteiger partial charge in [0.2, 0.25) is 5.95 Å². The minimum Gasteiger partial charge on any atom is -0.378 e. The summed E-state index contributed by atoms with van der Waals surface area (Å²) in [4.78, 5) is 26.4. The second kappa shape index (κ2) is 8.43. The number of ether oxygens (including phenoxy) is 1. The van der Waals surface area contributed by atoms with E-state index < -0.39 is 5.82 Å². The molecule has 1 saturated heterocycles. The second-order valence-electron chi connectivity index (χ2n) is 7.76. The smallest absolute Gasteiger partial charge is 0.257 e. The average Bonchev–Trinajstić information content (AvgIpc) is 2.84. The fraction of sp³-hybridized carbons (Fsp3) is 0.292. The summed E-state index contributed by atoms with van der Waals surface area (Å²) in [6.07, 6.45) is 2.34. The van der Waals surface area contributed by atoms with E-state index in [1.807, 2.05) is 23.1 Å². The van der Waals surface area contributed by atoms with E-state index in [-0.39, 0.29) is 5.91 Å². The van der Waals surface area contributed by atoms with Gasteiger partial charge in [-0.15, -0.1) is 0 Å². The Bertz CT molecular complexity index is 1110. The molecule has 0 radical (unpaired) electrons. The molecule has 0 aliphatic carbocycles. The van der Waals surface area contributed by atoms with Crippen molar-refractivity contribution in [2.75, 3.05) is 37.7 Å². The molecule has 7 heteroatoms. The molecular weight excluding hydrogens is 395 g/mol. The third-order valence-electron chi connectivity index (χ3n) is 5.85. The van der Waals surface area contributed by atoms with Gasteiger partial charge in [-0.1, -0.05) is 36.4 Å². The highest BCUT2D eigenvalue weighted by Crippen LogP contribution is 2.29. The third-order valence-corrected chi connectivity index (χ3v) is 5.85. The molecule has 1 amide bonds. The first-order valence-electron chi connectivity index (χ1n) is 10.5. The van der Waals surface area contributed by atoms with Gasteiger partial charge in [0.25, 0.3) is 5.91 Å². The monoisotopic (exact) mass is 418 g/mol. The number of aromatic nitrogens is 2. The van der Waals surface area contributed by atoms with Gasteiger partial charge in [0.1, 0.15) is 5.82 Å². The van der Waals surface area contributed by atoms with Gasteiger partial charge in [0.15, 0.2) is 0 Å². The van der Waals surface area contributed by atoms with Crippen LogP contribution in [0.1, 0.15) is 21.5 Å². The molecule has 0 saturated carbocycles. The van der Waals surface area contributed by atoms with Crippen molar-refractivity contribution >= 4 is 11.9 Å². The Kier molecular flexibility index (Phi) is 5.34. The van der Waals surface area contributed by atoms with Gasteiger partial charge in [0.05, 0.1) is 24.5 Å². The predicted molar refractivity (Wildman–Crippen MR) is 115 cm³/mol.